The van der Waals surface area contributed by atoms with Gasteiger partial charge in [0.25, 0.3) is 0 Å². The Labute approximate surface area is 157 Å². The summed E-state index contributed by atoms with van der Waals surface area (Å²) in [6.07, 6.45) is 0.963. The van der Waals surface area contributed by atoms with Gasteiger partial charge in [0.2, 0.25) is 21.8 Å². The molecule has 0 aliphatic carbocycles. The van der Waals surface area contributed by atoms with Crippen molar-refractivity contribution in [1.29, 1.82) is 0 Å². The van der Waals surface area contributed by atoms with Gasteiger partial charge < -0.3 is 10.2 Å². The van der Waals surface area contributed by atoms with Crippen LogP contribution in [0.2, 0.25) is 0 Å². The lowest BCUT2D eigenvalue weighted by molar-refractivity contribution is -0.132. The average Bonchev–Trinajstić information content (AvgIpc) is 2.98. The summed E-state index contributed by atoms with van der Waals surface area (Å²) in [4.78, 5) is 38.7. The molecule has 2 saturated heterocycles. The largest absolute Gasteiger partial charge is 0.341 e. The van der Waals surface area contributed by atoms with Gasteiger partial charge in [-0.25, -0.2) is 17.9 Å². The number of likely N-dealkylation sites (tertiary alicyclic amines) is 1. The molecule has 0 bridgehead atoms. The highest BCUT2D eigenvalue weighted by Crippen LogP contribution is 2.19. The molecule has 2 fully saturated rings. The van der Waals surface area contributed by atoms with Gasteiger partial charge in [0.1, 0.15) is 0 Å². The molecule has 0 aromatic heterocycles. The first-order valence-electron chi connectivity index (χ1n) is 8.72. The summed E-state index contributed by atoms with van der Waals surface area (Å²) in [6, 6.07) is 5.83. The fourth-order valence-electron chi connectivity index (χ4n) is 3.31. The van der Waals surface area contributed by atoms with Crippen molar-refractivity contribution in [3.63, 3.8) is 0 Å². The second-order valence-corrected chi connectivity index (χ2v) is 8.44. The maximum atomic E-state index is 12.3. The molecular weight excluding hydrogens is 372 g/mol. The number of benzene rings is 1. The van der Waals surface area contributed by atoms with Gasteiger partial charge in [-0.3, -0.25) is 14.5 Å². The van der Waals surface area contributed by atoms with Crippen LogP contribution in [0.5, 0.6) is 0 Å². The van der Waals surface area contributed by atoms with Crippen molar-refractivity contribution in [3.8, 4) is 0 Å². The number of nitrogens with one attached hydrogen (secondary N) is 2. The lowest BCUT2D eigenvalue weighted by Crippen LogP contribution is -2.50. The molecule has 0 unspecified atom stereocenters. The number of carbonyl (C=O) groups is 3. The Morgan fingerprint density at radius 2 is 1.96 bits per heavy atom. The molecule has 0 radical (unpaired) electrons. The van der Waals surface area contributed by atoms with Gasteiger partial charge in [-0.05, 0) is 37.5 Å². The highest BCUT2D eigenvalue weighted by atomic mass is 32.2. The lowest BCUT2D eigenvalue weighted by Gasteiger charge is -2.35. The maximum absolute atomic E-state index is 12.3. The van der Waals surface area contributed by atoms with Gasteiger partial charge >= 0.3 is 6.03 Å². The highest BCUT2D eigenvalue weighted by molar-refractivity contribution is 7.89. The molecule has 1 aromatic carbocycles. The zero-order valence-corrected chi connectivity index (χ0v) is 15.8. The summed E-state index contributed by atoms with van der Waals surface area (Å²) >= 11 is 0. The molecule has 27 heavy (non-hydrogen) atoms. The van der Waals surface area contributed by atoms with Gasteiger partial charge in [0.05, 0.1) is 18.0 Å². The van der Waals surface area contributed by atoms with Crippen LogP contribution in [0.4, 0.5) is 4.79 Å². The van der Waals surface area contributed by atoms with Crippen LogP contribution in [0.1, 0.15) is 18.4 Å². The number of rotatable bonds is 5. The fraction of sp³-hybridized carbons (Fsp3) is 0.471. The highest BCUT2D eigenvalue weighted by Gasteiger charge is 2.37. The van der Waals surface area contributed by atoms with E-state index in [0.717, 1.165) is 5.56 Å². The van der Waals surface area contributed by atoms with Crippen LogP contribution in [0.3, 0.4) is 0 Å². The number of carbonyl (C=O) groups excluding carboxylic acids is 3. The monoisotopic (exact) mass is 394 g/mol. The third kappa shape index (κ3) is 4.28. The van der Waals surface area contributed by atoms with E-state index in [2.05, 4.69) is 10.0 Å². The van der Waals surface area contributed by atoms with Crippen molar-refractivity contribution in [2.75, 3.05) is 26.2 Å². The Balaban J connectivity index is 1.52. The third-order valence-corrected chi connectivity index (χ3v) is 6.17. The molecule has 2 aliphatic rings. The molecular formula is C17H22N4O5S. The number of piperidine rings is 1. The zero-order chi connectivity index (χ0) is 19.6. The van der Waals surface area contributed by atoms with Crippen molar-refractivity contribution in [1.82, 2.24) is 19.8 Å². The molecule has 146 valence electrons. The Hall–Kier alpha value is -2.46. The van der Waals surface area contributed by atoms with Gasteiger partial charge in [-0.15, -0.1) is 0 Å². The van der Waals surface area contributed by atoms with Crippen LogP contribution < -0.4 is 10.0 Å². The number of nitrogens with zero attached hydrogens (tertiary/aromatic N) is 2. The van der Waals surface area contributed by atoms with E-state index in [1.54, 1.807) is 24.0 Å². The van der Waals surface area contributed by atoms with E-state index in [4.69, 9.17) is 0 Å². The first-order chi connectivity index (χ1) is 12.8. The molecule has 3 rings (SSSR count). The zero-order valence-electron chi connectivity index (χ0n) is 15.0. The summed E-state index contributed by atoms with van der Waals surface area (Å²) in [5.41, 5.74) is 0.812. The Morgan fingerprint density at radius 3 is 2.56 bits per heavy atom. The van der Waals surface area contributed by atoms with E-state index < -0.39 is 16.1 Å². The van der Waals surface area contributed by atoms with Crippen molar-refractivity contribution < 1.29 is 22.8 Å². The van der Waals surface area contributed by atoms with E-state index in [1.807, 2.05) is 0 Å². The molecule has 10 heteroatoms. The Bertz CT molecular complexity index is 846. The predicted molar refractivity (Wildman–Crippen MR) is 96.2 cm³/mol. The number of aryl methyl sites for hydroxylation is 1. The summed E-state index contributed by atoms with van der Waals surface area (Å²) in [5.74, 6) is -0.586. The van der Waals surface area contributed by atoms with Gasteiger partial charge in [-0.2, -0.15) is 0 Å². The van der Waals surface area contributed by atoms with E-state index in [-0.39, 0.29) is 35.8 Å². The number of hydrogen-bond donors (Lipinski definition) is 2. The second kappa shape index (κ2) is 7.65. The number of urea groups is 1. The Morgan fingerprint density at radius 1 is 1.26 bits per heavy atom. The minimum atomic E-state index is -3.76. The van der Waals surface area contributed by atoms with Crippen LogP contribution in [-0.4, -0.2) is 68.3 Å². The van der Waals surface area contributed by atoms with Crippen molar-refractivity contribution in [2.45, 2.75) is 30.7 Å². The number of amides is 4. The molecule has 2 aliphatic heterocycles. The molecule has 0 spiro atoms. The minimum Gasteiger partial charge on any atom is -0.341 e. The summed E-state index contributed by atoms with van der Waals surface area (Å²) in [5, 5.41) is 2.49. The Kier molecular flexibility index (Phi) is 5.47. The van der Waals surface area contributed by atoms with Crippen LogP contribution in [0.15, 0.2) is 29.2 Å². The van der Waals surface area contributed by atoms with E-state index in [1.165, 1.54) is 17.0 Å². The molecule has 2 N–H and O–H groups in total. The topological polar surface area (TPSA) is 116 Å². The van der Waals surface area contributed by atoms with Crippen LogP contribution in [-0.2, 0) is 19.6 Å². The first kappa shape index (κ1) is 19.3. The number of hydrogen-bond acceptors (Lipinski definition) is 5. The minimum absolute atomic E-state index is 0.0126. The molecule has 1 aromatic rings. The van der Waals surface area contributed by atoms with Gasteiger partial charge in [0.15, 0.2) is 0 Å². The van der Waals surface area contributed by atoms with Crippen LogP contribution in [0.25, 0.3) is 0 Å². The average molecular weight is 394 g/mol. The normalized spacial score (nSPS) is 18.7. The van der Waals surface area contributed by atoms with Gasteiger partial charge in [0, 0.05) is 19.1 Å². The quantitative estimate of drug-likeness (QED) is 0.672. The summed E-state index contributed by atoms with van der Waals surface area (Å²) in [6.45, 7) is 2.21. The molecule has 2 heterocycles. The lowest BCUT2D eigenvalue weighted by atomic mass is 10.0. The summed E-state index contributed by atoms with van der Waals surface area (Å²) in [7, 11) is -3.76. The molecule has 4 amide bonds. The molecule has 9 nitrogen and oxygen atoms in total. The van der Waals surface area contributed by atoms with E-state index in [0.29, 0.717) is 25.9 Å². The standard InChI is InChI=1S/C17H22N4O5S/c1-12-3-2-4-14(9-12)27(25,26)19-11-15(22)20-7-5-13(6-8-20)21-16(23)10-18-17(21)24/h2-4,9,13,19H,5-8,10-11H2,1H3,(H,18,24). The van der Waals surface area contributed by atoms with Crippen LogP contribution in [0, 0.1) is 6.92 Å². The first-order valence-corrected chi connectivity index (χ1v) is 10.2. The summed E-state index contributed by atoms with van der Waals surface area (Å²) < 4.78 is 26.9. The molecule has 0 atom stereocenters. The molecule has 0 saturated carbocycles. The number of imide groups is 1. The fourth-order valence-corrected chi connectivity index (χ4v) is 4.39. The van der Waals surface area contributed by atoms with E-state index >= 15 is 0 Å². The van der Waals surface area contributed by atoms with Crippen molar-refractivity contribution >= 4 is 27.9 Å². The second-order valence-electron chi connectivity index (χ2n) is 6.68. The van der Waals surface area contributed by atoms with E-state index in [9.17, 15) is 22.8 Å². The van der Waals surface area contributed by atoms with Crippen LogP contribution >= 0.6 is 0 Å². The smallest absolute Gasteiger partial charge is 0.324 e. The predicted octanol–water partition coefficient (Wildman–Crippen LogP) is -0.184. The SMILES string of the molecule is Cc1cccc(S(=O)(=O)NCC(=O)N2CCC(N3C(=O)CNC3=O)CC2)c1. The van der Waals surface area contributed by atoms with Gasteiger partial charge in [-0.1, -0.05) is 12.1 Å². The van der Waals surface area contributed by atoms with Crippen molar-refractivity contribution in [3.05, 3.63) is 29.8 Å². The number of sulfonamides is 1. The van der Waals surface area contributed by atoms with Crippen molar-refractivity contribution in [2.24, 2.45) is 0 Å². The third-order valence-electron chi connectivity index (χ3n) is 4.77. The maximum Gasteiger partial charge on any atom is 0.324 e.